The molecule has 2 aliphatic heterocycles. The average molecular weight is 195 g/mol. The van der Waals surface area contributed by atoms with Gasteiger partial charge < -0.3 is 9.64 Å². The first kappa shape index (κ1) is 8.26. The molecule has 3 rings (SSSR count). The minimum atomic E-state index is -0.273. The summed E-state index contributed by atoms with van der Waals surface area (Å²) < 4.78 is 5.04. The number of hydrogen-bond donors (Lipinski definition) is 0. The molecule has 0 radical (unpaired) electrons. The fourth-order valence-electron chi connectivity index (χ4n) is 2.32. The van der Waals surface area contributed by atoms with Gasteiger partial charge in [-0.25, -0.2) is 4.79 Å². The van der Waals surface area contributed by atoms with Crippen molar-refractivity contribution in [3.05, 3.63) is 0 Å². The Morgan fingerprint density at radius 2 is 2.29 bits per heavy atom. The highest BCUT2D eigenvalue weighted by Gasteiger charge is 2.55. The van der Waals surface area contributed by atoms with Gasteiger partial charge in [-0.3, -0.25) is 4.79 Å². The van der Waals surface area contributed by atoms with Crippen molar-refractivity contribution < 1.29 is 14.3 Å². The first-order valence-corrected chi connectivity index (χ1v) is 5.12. The molecule has 1 saturated carbocycles. The van der Waals surface area contributed by atoms with E-state index in [0.717, 1.165) is 12.8 Å². The summed E-state index contributed by atoms with van der Waals surface area (Å²) in [7, 11) is 0. The van der Waals surface area contributed by atoms with Gasteiger partial charge in [0.25, 0.3) is 0 Å². The molecule has 4 heteroatoms. The van der Waals surface area contributed by atoms with E-state index in [9.17, 15) is 9.59 Å². The zero-order valence-corrected chi connectivity index (χ0v) is 8.16. The summed E-state index contributed by atoms with van der Waals surface area (Å²) in [5, 5.41) is 0. The maximum Gasteiger partial charge on any atom is 0.329 e. The van der Waals surface area contributed by atoms with Crippen LogP contribution in [-0.4, -0.2) is 35.5 Å². The molecule has 14 heavy (non-hydrogen) atoms. The van der Waals surface area contributed by atoms with Crippen LogP contribution in [0.2, 0.25) is 0 Å². The molecule has 0 unspecified atom stereocenters. The summed E-state index contributed by atoms with van der Waals surface area (Å²) in [6.45, 7) is 2.59. The number of esters is 1. The molecular weight excluding hydrogens is 182 g/mol. The number of fused-ring (bicyclic) bond motifs is 2. The maximum absolute atomic E-state index is 12.0. The summed E-state index contributed by atoms with van der Waals surface area (Å²) in [4.78, 5) is 25.0. The van der Waals surface area contributed by atoms with Crippen LogP contribution in [-0.2, 0) is 14.3 Å². The number of carbonyl (C=O) groups is 2. The van der Waals surface area contributed by atoms with E-state index in [1.54, 1.807) is 4.90 Å². The Bertz CT molecular complexity index is 321. The Kier molecular flexibility index (Phi) is 1.36. The van der Waals surface area contributed by atoms with E-state index in [0.29, 0.717) is 13.0 Å². The second kappa shape index (κ2) is 2.30. The van der Waals surface area contributed by atoms with Crippen LogP contribution in [0, 0.1) is 5.41 Å². The lowest BCUT2D eigenvalue weighted by Crippen LogP contribution is -2.46. The van der Waals surface area contributed by atoms with Crippen LogP contribution in [0.3, 0.4) is 0 Å². The predicted molar refractivity (Wildman–Crippen MR) is 47.3 cm³/mol. The molecule has 3 fully saturated rings. The zero-order valence-electron chi connectivity index (χ0n) is 8.16. The van der Waals surface area contributed by atoms with Gasteiger partial charge in [0.2, 0.25) is 5.91 Å². The minimum absolute atomic E-state index is 0.0289. The molecule has 0 aromatic carbocycles. The van der Waals surface area contributed by atoms with Crippen molar-refractivity contribution >= 4 is 11.9 Å². The summed E-state index contributed by atoms with van der Waals surface area (Å²) in [5.41, 5.74) is -0.162. The van der Waals surface area contributed by atoms with Crippen molar-refractivity contribution in [2.24, 2.45) is 5.41 Å². The second-order valence-corrected chi connectivity index (χ2v) is 4.83. The molecular formula is C10H13NO3. The molecule has 2 atom stereocenters. The van der Waals surface area contributed by atoms with Crippen LogP contribution in [0.4, 0.5) is 0 Å². The molecule has 76 valence electrons. The van der Waals surface area contributed by atoms with Crippen molar-refractivity contribution in [2.75, 3.05) is 6.54 Å². The Labute approximate surface area is 82.2 Å². The SMILES string of the molecule is CC1(C(=O)N2C[C@@H]3C[C@H]2C(=O)O3)CC1. The first-order chi connectivity index (χ1) is 6.60. The molecule has 0 spiro atoms. The van der Waals surface area contributed by atoms with Crippen LogP contribution in [0.15, 0.2) is 0 Å². The number of nitrogens with zero attached hydrogens (tertiary/aromatic N) is 1. The van der Waals surface area contributed by atoms with Crippen LogP contribution in [0.1, 0.15) is 26.2 Å². The van der Waals surface area contributed by atoms with E-state index < -0.39 is 0 Å². The standard InChI is InChI=1S/C10H13NO3/c1-10(2-3-10)9(13)11-5-6-4-7(11)8(12)14-6/h6-7H,2-5H2,1H3/t6-,7-/m0/s1. The van der Waals surface area contributed by atoms with E-state index in [4.69, 9.17) is 4.74 Å². The van der Waals surface area contributed by atoms with Gasteiger partial charge in [0.05, 0.1) is 6.54 Å². The van der Waals surface area contributed by atoms with Gasteiger partial charge in [0.1, 0.15) is 12.1 Å². The quantitative estimate of drug-likeness (QED) is 0.566. The van der Waals surface area contributed by atoms with Crippen molar-refractivity contribution in [1.82, 2.24) is 4.90 Å². The van der Waals surface area contributed by atoms with Crippen molar-refractivity contribution in [3.63, 3.8) is 0 Å². The monoisotopic (exact) mass is 195 g/mol. The lowest BCUT2D eigenvalue weighted by atomic mass is 10.1. The van der Waals surface area contributed by atoms with E-state index in [1.165, 1.54) is 0 Å². The normalized spacial score (nSPS) is 37.2. The maximum atomic E-state index is 12.0. The highest BCUT2D eigenvalue weighted by Crippen LogP contribution is 2.48. The molecule has 4 nitrogen and oxygen atoms in total. The van der Waals surface area contributed by atoms with Gasteiger partial charge in [0.15, 0.2) is 0 Å². The molecule has 2 heterocycles. The van der Waals surface area contributed by atoms with Crippen molar-refractivity contribution in [3.8, 4) is 0 Å². The van der Waals surface area contributed by atoms with E-state index >= 15 is 0 Å². The minimum Gasteiger partial charge on any atom is -0.459 e. The highest BCUT2D eigenvalue weighted by atomic mass is 16.6. The lowest BCUT2D eigenvalue weighted by molar-refractivity contribution is -0.158. The van der Waals surface area contributed by atoms with E-state index in [1.807, 2.05) is 6.92 Å². The van der Waals surface area contributed by atoms with E-state index in [2.05, 4.69) is 0 Å². The van der Waals surface area contributed by atoms with Crippen LogP contribution < -0.4 is 0 Å². The van der Waals surface area contributed by atoms with Crippen molar-refractivity contribution in [2.45, 2.75) is 38.3 Å². The second-order valence-electron chi connectivity index (χ2n) is 4.83. The van der Waals surface area contributed by atoms with Gasteiger partial charge >= 0.3 is 5.97 Å². The summed E-state index contributed by atoms with van der Waals surface area (Å²) in [5.74, 6) is -0.0551. The molecule has 0 N–H and O–H groups in total. The Morgan fingerprint density at radius 3 is 2.79 bits per heavy atom. The zero-order chi connectivity index (χ0) is 9.92. The average Bonchev–Trinajstić information content (AvgIpc) is 2.63. The predicted octanol–water partition coefficient (Wildman–Crippen LogP) is 0.313. The Balaban J connectivity index is 1.81. The number of morpholine rings is 1. The third-order valence-corrected chi connectivity index (χ3v) is 3.59. The third kappa shape index (κ3) is 0.938. The fraction of sp³-hybridized carbons (Fsp3) is 0.800. The number of rotatable bonds is 1. The molecule has 1 aliphatic carbocycles. The van der Waals surface area contributed by atoms with Gasteiger partial charge in [-0.15, -0.1) is 0 Å². The Morgan fingerprint density at radius 1 is 1.57 bits per heavy atom. The largest absolute Gasteiger partial charge is 0.459 e. The number of carbonyl (C=O) groups excluding carboxylic acids is 2. The highest BCUT2D eigenvalue weighted by molar-refractivity contribution is 5.91. The molecule has 2 saturated heterocycles. The third-order valence-electron chi connectivity index (χ3n) is 3.59. The van der Waals surface area contributed by atoms with Crippen LogP contribution in [0.25, 0.3) is 0 Å². The van der Waals surface area contributed by atoms with Gasteiger partial charge in [-0.1, -0.05) is 6.92 Å². The molecule has 0 aromatic heterocycles. The number of amides is 1. The fourth-order valence-corrected chi connectivity index (χ4v) is 2.32. The number of hydrogen-bond acceptors (Lipinski definition) is 3. The van der Waals surface area contributed by atoms with Crippen molar-refractivity contribution in [1.29, 1.82) is 0 Å². The van der Waals surface area contributed by atoms with Gasteiger partial charge in [-0.2, -0.15) is 0 Å². The Hall–Kier alpha value is -1.06. The molecule has 3 aliphatic rings. The van der Waals surface area contributed by atoms with Gasteiger partial charge in [0, 0.05) is 11.8 Å². The van der Waals surface area contributed by atoms with Gasteiger partial charge in [-0.05, 0) is 12.8 Å². The van der Waals surface area contributed by atoms with Crippen LogP contribution in [0.5, 0.6) is 0 Å². The topological polar surface area (TPSA) is 46.6 Å². The summed E-state index contributed by atoms with van der Waals surface area (Å²) >= 11 is 0. The van der Waals surface area contributed by atoms with Crippen LogP contribution >= 0.6 is 0 Å². The first-order valence-electron chi connectivity index (χ1n) is 5.12. The molecule has 2 bridgehead atoms. The lowest BCUT2D eigenvalue weighted by Gasteiger charge is -2.28. The molecule has 0 aromatic rings. The number of likely N-dealkylation sites (tertiary alicyclic amines) is 1. The summed E-state index contributed by atoms with van der Waals surface area (Å²) in [6.07, 6.45) is 2.61. The van der Waals surface area contributed by atoms with E-state index in [-0.39, 0.29) is 29.4 Å². The smallest absolute Gasteiger partial charge is 0.329 e. The molecule has 1 amide bonds. The number of ether oxygens (including phenoxy) is 1. The summed E-state index contributed by atoms with van der Waals surface area (Å²) in [6, 6.07) is -0.273.